The number of ketones is 1. The van der Waals surface area contributed by atoms with Crippen LogP contribution in [0.25, 0.3) is 0 Å². The SMILES string of the molecule is CC(=O)c1ccc(N2CCN(C(=O)c3ccn(C)c(=O)c3)CC2)c(F)c1. The molecule has 1 aromatic heterocycles. The van der Waals surface area contributed by atoms with Gasteiger partial charge in [-0.15, -0.1) is 0 Å². The monoisotopic (exact) mass is 357 g/mol. The van der Waals surface area contributed by atoms with Crippen LogP contribution in [-0.2, 0) is 7.05 Å². The Kier molecular flexibility index (Phi) is 4.88. The Balaban J connectivity index is 1.69. The van der Waals surface area contributed by atoms with Crippen LogP contribution in [-0.4, -0.2) is 47.3 Å². The van der Waals surface area contributed by atoms with E-state index in [0.717, 1.165) is 0 Å². The Hall–Kier alpha value is -2.96. The average Bonchev–Trinajstić information content (AvgIpc) is 2.63. The highest BCUT2D eigenvalue weighted by atomic mass is 19.1. The first kappa shape index (κ1) is 17.8. The number of aryl methyl sites for hydroxylation is 1. The molecule has 26 heavy (non-hydrogen) atoms. The second-order valence-electron chi connectivity index (χ2n) is 6.37. The molecule has 0 aliphatic carbocycles. The van der Waals surface area contributed by atoms with E-state index >= 15 is 0 Å². The van der Waals surface area contributed by atoms with Crippen LogP contribution in [0.15, 0.2) is 41.3 Å². The number of aromatic nitrogens is 1. The number of carbonyl (C=O) groups excluding carboxylic acids is 2. The van der Waals surface area contributed by atoms with E-state index in [1.807, 2.05) is 4.90 Å². The van der Waals surface area contributed by atoms with Crippen LogP contribution in [0.2, 0.25) is 0 Å². The number of benzene rings is 1. The summed E-state index contributed by atoms with van der Waals surface area (Å²) in [6.07, 6.45) is 1.57. The first-order valence-corrected chi connectivity index (χ1v) is 8.38. The summed E-state index contributed by atoms with van der Waals surface area (Å²) >= 11 is 0. The highest BCUT2D eigenvalue weighted by molar-refractivity contribution is 5.95. The van der Waals surface area contributed by atoms with Crippen LogP contribution in [0.5, 0.6) is 0 Å². The fourth-order valence-corrected chi connectivity index (χ4v) is 3.00. The minimum absolute atomic E-state index is 0.181. The molecule has 136 valence electrons. The molecule has 0 N–H and O–H groups in total. The molecule has 2 heterocycles. The smallest absolute Gasteiger partial charge is 0.254 e. The van der Waals surface area contributed by atoms with E-state index < -0.39 is 5.82 Å². The lowest BCUT2D eigenvalue weighted by Crippen LogP contribution is -2.49. The number of rotatable bonds is 3. The molecule has 0 unspecified atom stereocenters. The van der Waals surface area contributed by atoms with Crippen molar-refractivity contribution < 1.29 is 14.0 Å². The van der Waals surface area contributed by atoms with Crippen LogP contribution < -0.4 is 10.5 Å². The molecule has 1 aliphatic rings. The van der Waals surface area contributed by atoms with Crippen molar-refractivity contribution in [2.24, 2.45) is 7.05 Å². The lowest BCUT2D eigenvalue weighted by molar-refractivity contribution is 0.0746. The second kappa shape index (κ2) is 7.11. The number of halogens is 1. The molecular formula is C19H20FN3O3. The molecule has 1 saturated heterocycles. The van der Waals surface area contributed by atoms with Crippen LogP contribution in [0.4, 0.5) is 10.1 Å². The number of nitrogens with zero attached hydrogens (tertiary/aromatic N) is 3. The van der Waals surface area contributed by atoms with Gasteiger partial charge >= 0.3 is 0 Å². The van der Waals surface area contributed by atoms with Crippen molar-refractivity contribution >= 4 is 17.4 Å². The van der Waals surface area contributed by atoms with Gasteiger partial charge in [-0.3, -0.25) is 14.4 Å². The fourth-order valence-electron chi connectivity index (χ4n) is 3.00. The zero-order valence-electron chi connectivity index (χ0n) is 14.7. The molecule has 1 aromatic carbocycles. The minimum atomic E-state index is -0.441. The normalized spacial score (nSPS) is 14.4. The maximum absolute atomic E-state index is 14.3. The van der Waals surface area contributed by atoms with Crippen molar-refractivity contribution in [3.63, 3.8) is 0 Å². The summed E-state index contributed by atoms with van der Waals surface area (Å²) in [5.74, 6) is -0.821. The van der Waals surface area contributed by atoms with Crippen LogP contribution in [0, 0.1) is 5.82 Å². The number of pyridine rings is 1. The molecule has 1 aliphatic heterocycles. The van der Waals surface area contributed by atoms with Gasteiger partial charge < -0.3 is 14.4 Å². The number of hydrogen-bond donors (Lipinski definition) is 0. The molecule has 6 nitrogen and oxygen atoms in total. The lowest BCUT2D eigenvalue weighted by atomic mass is 10.1. The molecule has 0 spiro atoms. The molecule has 0 radical (unpaired) electrons. The number of carbonyl (C=O) groups is 2. The van der Waals surface area contributed by atoms with Crippen molar-refractivity contribution in [1.82, 2.24) is 9.47 Å². The zero-order valence-corrected chi connectivity index (χ0v) is 14.7. The molecular weight excluding hydrogens is 337 g/mol. The largest absolute Gasteiger partial charge is 0.366 e. The highest BCUT2D eigenvalue weighted by Crippen LogP contribution is 2.22. The summed E-state index contributed by atoms with van der Waals surface area (Å²) < 4.78 is 15.7. The van der Waals surface area contributed by atoms with Gasteiger partial charge in [0.15, 0.2) is 5.78 Å². The van der Waals surface area contributed by atoms with Crippen LogP contribution in [0.3, 0.4) is 0 Å². The van der Waals surface area contributed by atoms with Crippen LogP contribution >= 0.6 is 0 Å². The first-order valence-electron chi connectivity index (χ1n) is 8.38. The van der Waals surface area contributed by atoms with E-state index in [-0.39, 0.29) is 17.2 Å². The third kappa shape index (κ3) is 3.51. The molecule has 0 saturated carbocycles. The lowest BCUT2D eigenvalue weighted by Gasteiger charge is -2.36. The summed E-state index contributed by atoms with van der Waals surface area (Å²) in [6, 6.07) is 7.41. The molecule has 1 amide bonds. The standard InChI is InChI=1S/C19H20FN3O3/c1-13(24)14-3-4-17(16(20)11-14)22-7-9-23(10-8-22)19(26)15-5-6-21(2)18(25)12-15/h3-6,11-12H,7-10H2,1-2H3. The van der Waals surface area contributed by atoms with Gasteiger partial charge in [0.2, 0.25) is 0 Å². The van der Waals surface area contributed by atoms with Gasteiger partial charge in [-0.1, -0.05) is 0 Å². The summed E-state index contributed by atoms with van der Waals surface area (Å²) in [6.45, 7) is 3.22. The predicted molar refractivity (Wildman–Crippen MR) is 96.2 cm³/mol. The Bertz CT molecular complexity index is 914. The van der Waals surface area contributed by atoms with Gasteiger partial charge in [0.25, 0.3) is 11.5 Å². The summed E-state index contributed by atoms with van der Waals surface area (Å²) in [7, 11) is 1.63. The predicted octanol–water partition coefficient (Wildman–Crippen LogP) is 1.69. The second-order valence-corrected chi connectivity index (χ2v) is 6.37. The third-order valence-electron chi connectivity index (χ3n) is 4.61. The average molecular weight is 357 g/mol. The maximum Gasteiger partial charge on any atom is 0.254 e. The summed E-state index contributed by atoms with van der Waals surface area (Å²) in [5, 5.41) is 0. The Morgan fingerprint density at radius 2 is 1.69 bits per heavy atom. The Morgan fingerprint density at radius 1 is 1.00 bits per heavy atom. The molecule has 3 rings (SSSR count). The van der Waals surface area contributed by atoms with E-state index in [4.69, 9.17) is 0 Å². The fraction of sp³-hybridized carbons (Fsp3) is 0.316. The van der Waals surface area contributed by atoms with E-state index in [1.165, 1.54) is 23.6 Å². The molecule has 0 bridgehead atoms. The quantitative estimate of drug-likeness (QED) is 0.785. The first-order chi connectivity index (χ1) is 12.4. The van der Waals surface area contributed by atoms with Crippen molar-refractivity contribution in [3.8, 4) is 0 Å². The van der Waals surface area contributed by atoms with Crippen molar-refractivity contribution in [3.05, 3.63) is 63.8 Å². The number of hydrogen-bond acceptors (Lipinski definition) is 4. The van der Waals surface area contributed by atoms with E-state index in [9.17, 15) is 18.8 Å². The molecule has 2 aromatic rings. The van der Waals surface area contributed by atoms with Gasteiger partial charge in [-0.25, -0.2) is 4.39 Å². The van der Waals surface area contributed by atoms with Gasteiger partial charge in [0, 0.05) is 56.6 Å². The van der Waals surface area contributed by atoms with Gasteiger partial charge in [-0.05, 0) is 31.2 Å². The van der Waals surface area contributed by atoms with E-state index in [0.29, 0.717) is 43.0 Å². The van der Waals surface area contributed by atoms with Gasteiger partial charge in [0.1, 0.15) is 5.82 Å². The Labute approximate surface area is 150 Å². The summed E-state index contributed by atoms with van der Waals surface area (Å²) in [4.78, 5) is 39.1. The third-order valence-corrected chi connectivity index (χ3v) is 4.61. The minimum Gasteiger partial charge on any atom is -0.366 e. The number of amides is 1. The number of anilines is 1. The van der Waals surface area contributed by atoms with E-state index in [1.54, 1.807) is 36.3 Å². The van der Waals surface area contributed by atoms with Gasteiger partial charge in [-0.2, -0.15) is 0 Å². The topological polar surface area (TPSA) is 62.6 Å². The summed E-state index contributed by atoms with van der Waals surface area (Å²) in [5.41, 5.74) is 0.891. The van der Waals surface area contributed by atoms with Gasteiger partial charge in [0.05, 0.1) is 5.69 Å². The molecule has 1 fully saturated rings. The highest BCUT2D eigenvalue weighted by Gasteiger charge is 2.24. The zero-order chi connectivity index (χ0) is 18.8. The van der Waals surface area contributed by atoms with Crippen molar-refractivity contribution in [1.29, 1.82) is 0 Å². The maximum atomic E-state index is 14.3. The van der Waals surface area contributed by atoms with E-state index in [2.05, 4.69) is 0 Å². The van der Waals surface area contributed by atoms with Crippen molar-refractivity contribution in [2.45, 2.75) is 6.92 Å². The number of Topliss-reactive ketones (excluding diaryl/α,β-unsaturated/α-hetero) is 1. The molecule has 0 atom stereocenters. The van der Waals surface area contributed by atoms with Crippen LogP contribution in [0.1, 0.15) is 27.6 Å². The van der Waals surface area contributed by atoms with Crippen molar-refractivity contribution in [2.75, 3.05) is 31.1 Å². The molecule has 7 heteroatoms. The Morgan fingerprint density at radius 3 is 2.27 bits per heavy atom. The number of piperazine rings is 1.